The summed E-state index contributed by atoms with van der Waals surface area (Å²) in [6, 6.07) is 3.39. The molecule has 1 fully saturated rings. The van der Waals surface area contributed by atoms with Gasteiger partial charge in [-0.25, -0.2) is 4.79 Å². The highest BCUT2D eigenvalue weighted by Gasteiger charge is 2.22. The highest BCUT2D eigenvalue weighted by atomic mass is 32.1. The van der Waals surface area contributed by atoms with E-state index in [-0.39, 0.29) is 12.2 Å². The summed E-state index contributed by atoms with van der Waals surface area (Å²) in [5, 5.41) is 7.43. The monoisotopic (exact) mass is 298 g/mol. The van der Waals surface area contributed by atoms with E-state index >= 15 is 0 Å². The quantitative estimate of drug-likeness (QED) is 0.805. The van der Waals surface area contributed by atoms with Gasteiger partial charge in [0.15, 0.2) is 0 Å². The molecule has 0 bridgehead atoms. The molecule has 2 heterocycles. The van der Waals surface area contributed by atoms with Gasteiger partial charge in [-0.2, -0.15) is 0 Å². The third kappa shape index (κ3) is 3.47. The van der Waals surface area contributed by atoms with Crippen LogP contribution in [0.1, 0.15) is 0 Å². The number of carbonyl (C=O) groups excluding carboxylic acids is 2. The summed E-state index contributed by atoms with van der Waals surface area (Å²) < 4.78 is 5.35. The fourth-order valence-electron chi connectivity index (χ4n) is 1.76. The average Bonchev–Trinajstić information content (AvgIpc) is 2.89. The lowest BCUT2D eigenvalue weighted by Crippen LogP contribution is -2.52. The second-order valence-corrected chi connectivity index (χ2v) is 5.58. The first-order valence-electron chi connectivity index (χ1n) is 6.24. The zero-order valence-corrected chi connectivity index (χ0v) is 12.3. The second-order valence-electron chi connectivity index (χ2n) is 4.52. The van der Waals surface area contributed by atoms with Gasteiger partial charge >= 0.3 is 6.03 Å². The Bertz CT molecular complexity index is 471. The number of urea groups is 1. The molecule has 1 saturated heterocycles. The van der Waals surface area contributed by atoms with Gasteiger partial charge < -0.3 is 9.64 Å². The van der Waals surface area contributed by atoms with Crippen LogP contribution in [-0.2, 0) is 9.53 Å². The SMILES string of the molecule is CN(C)C(=O)Nc1ccc(N(C=O)C2COCCN2)s1. The Kier molecular flexibility index (Phi) is 4.94. The fourth-order valence-corrected chi connectivity index (χ4v) is 2.67. The van der Waals surface area contributed by atoms with Crippen LogP contribution in [0.15, 0.2) is 12.1 Å². The molecule has 1 atom stereocenters. The van der Waals surface area contributed by atoms with Crippen molar-refractivity contribution in [1.29, 1.82) is 0 Å². The van der Waals surface area contributed by atoms with Crippen LogP contribution in [0.5, 0.6) is 0 Å². The maximum Gasteiger partial charge on any atom is 0.321 e. The van der Waals surface area contributed by atoms with Gasteiger partial charge in [-0.3, -0.25) is 20.3 Å². The van der Waals surface area contributed by atoms with E-state index in [1.54, 1.807) is 31.1 Å². The standard InChI is InChI=1S/C12H18N4O3S/c1-15(2)12(18)14-10-3-4-11(20-10)16(8-17)9-7-19-6-5-13-9/h3-4,8-9,13H,5-7H2,1-2H3,(H,14,18). The van der Waals surface area contributed by atoms with Gasteiger partial charge in [-0.1, -0.05) is 0 Å². The molecule has 1 aliphatic heterocycles. The van der Waals surface area contributed by atoms with Gasteiger partial charge in [0.2, 0.25) is 6.41 Å². The first-order chi connectivity index (χ1) is 9.61. The maximum atomic E-state index is 11.6. The lowest BCUT2D eigenvalue weighted by molar-refractivity contribution is -0.108. The van der Waals surface area contributed by atoms with E-state index in [0.717, 1.165) is 11.4 Å². The van der Waals surface area contributed by atoms with Crippen LogP contribution >= 0.6 is 11.3 Å². The predicted octanol–water partition coefficient (Wildman–Crippen LogP) is 0.750. The molecule has 110 valence electrons. The Balaban J connectivity index is 2.05. The van der Waals surface area contributed by atoms with Crippen molar-refractivity contribution in [2.24, 2.45) is 0 Å². The smallest absolute Gasteiger partial charge is 0.321 e. The Morgan fingerprint density at radius 1 is 1.55 bits per heavy atom. The van der Waals surface area contributed by atoms with E-state index in [4.69, 9.17) is 4.74 Å². The molecule has 1 aromatic rings. The maximum absolute atomic E-state index is 11.6. The van der Waals surface area contributed by atoms with E-state index in [9.17, 15) is 9.59 Å². The van der Waals surface area contributed by atoms with Gasteiger partial charge in [0, 0.05) is 20.6 Å². The van der Waals surface area contributed by atoms with Gasteiger partial charge in [-0.15, -0.1) is 11.3 Å². The highest BCUT2D eigenvalue weighted by Crippen LogP contribution is 2.30. The molecule has 1 aliphatic rings. The van der Waals surface area contributed by atoms with Crippen LogP contribution in [0.2, 0.25) is 0 Å². The lowest BCUT2D eigenvalue weighted by atomic mass is 10.4. The molecule has 2 rings (SSSR count). The van der Waals surface area contributed by atoms with Crippen LogP contribution in [0.3, 0.4) is 0 Å². The molecule has 3 amide bonds. The molecule has 0 aromatic carbocycles. The average molecular weight is 298 g/mol. The Labute approximate surface area is 121 Å². The van der Waals surface area contributed by atoms with E-state index in [1.165, 1.54) is 16.2 Å². The van der Waals surface area contributed by atoms with E-state index in [1.807, 2.05) is 0 Å². The van der Waals surface area contributed by atoms with Gasteiger partial charge in [-0.05, 0) is 12.1 Å². The molecule has 8 heteroatoms. The van der Waals surface area contributed by atoms with Crippen LogP contribution in [-0.4, -0.2) is 57.4 Å². The Hall–Kier alpha value is -1.64. The highest BCUT2D eigenvalue weighted by molar-refractivity contribution is 7.20. The number of hydrogen-bond donors (Lipinski definition) is 2. The summed E-state index contributed by atoms with van der Waals surface area (Å²) >= 11 is 1.35. The van der Waals surface area contributed by atoms with Crippen molar-refractivity contribution in [3.8, 4) is 0 Å². The van der Waals surface area contributed by atoms with Gasteiger partial charge in [0.1, 0.15) is 11.2 Å². The molecule has 0 aliphatic carbocycles. The summed E-state index contributed by atoms with van der Waals surface area (Å²) in [5.41, 5.74) is 0. The first-order valence-corrected chi connectivity index (χ1v) is 7.06. The van der Waals surface area contributed by atoms with Gasteiger partial charge in [0.05, 0.1) is 18.2 Å². The topological polar surface area (TPSA) is 73.9 Å². The number of morpholine rings is 1. The number of ether oxygens (including phenoxy) is 1. The van der Waals surface area contributed by atoms with Crippen LogP contribution in [0.4, 0.5) is 14.8 Å². The second kappa shape index (κ2) is 6.69. The van der Waals surface area contributed by atoms with Crippen molar-refractivity contribution in [3.05, 3.63) is 12.1 Å². The van der Waals surface area contributed by atoms with Crippen molar-refractivity contribution < 1.29 is 14.3 Å². The van der Waals surface area contributed by atoms with E-state index in [0.29, 0.717) is 24.8 Å². The minimum Gasteiger partial charge on any atom is -0.377 e. The number of amides is 3. The summed E-state index contributed by atoms with van der Waals surface area (Å²) in [7, 11) is 3.34. The predicted molar refractivity (Wildman–Crippen MR) is 78.2 cm³/mol. The number of nitrogens with one attached hydrogen (secondary N) is 2. The molecule has 7 nitrogen and oxygen atoms in total. The van der Waals surface area contributed by atoms with Crippen LogP contribution in [0.25, 0.3) is 0 Å². The summed E-state index contributed by atoms with van der Waals surface area (Å²) in [5.74, 6) is 0. The molecular weight excluding hydrogens is 280 g/mol. The fraction of sp³-hybridized carbons (Fsp3) is 0.500. The molecule has 1 aromatic heterocycles. The van der Waals surface area contributed by atoms with E-state index in [2.05, 4.69) is 10.6 Å². The molecule has 1 unspecified atom stereocenters. The van der Waals surface area contributed by atoms with Crippen molar-refractivity contribution >= 4 is 33.8 Å². The minimum atomic E-state index is -0.199. The molecular formula is C12H18N4O3S. The number of thiophene rings is 1. The third-order valence-electron chi connectivity index (χ3n) is 2.83. The lowest BCUT2D eigenvalue weighted by Gasteiger charge is -2.31. The molecule has 20 heavy (non-hydrogen) atoms. The largest absolute Gasteiger partial charge is 0.377 e. The zero-order chi connectivity index (χ0) is 14.5. The number of hydrogen-bond acceptors (Lipinski definition) is 5. The van der Waals surface area contributed by atoms with Crippen LogP contribution < -0.4 is 15.5 Å². The van der Waals surface area contributed by atoms with Crippen LogP contribution in [0, 0.1) is 0 Å². The minimum absolute atomic E-state index is 0.169. The van der Waals surface area contributed by atoms with E-state index < -0.39 is 0 Å². The number of anilines is 2. The van der Waals surface area contributed by atoms with Crippen molar-refractivity contribution in [2.45, 2.75) is 6.17 Å². The molecule has 0 saturated carbocycles. The normalized spacial score (nSPS) is 18.4. The first kappa shape index (κ1) is 14.8. The van der Waals surface area contributed by atoms with Crippen molar-refractivity contribution in [3.63, 3.8) is 0 Å². The molecule has 0 spiro atoms. The zero-order valence-electron chi connectivity index (χ0n) is 11.5. The third-order valence-corrected chi connectivity index (χ3v) is 3.85. The van der Waals surface area contributed by atoms with Gasteiger partial charge in [0.25, 0.3) is 0 Å². The number of carbonyl (C=O) groups is 2. The van der Waals surface area contributed by atoms with Crippen molar-refractivity contribution in [2.75, 3.05) is 44.1 Å². The molecule has 2 N–H and O–H groups in total. The molecule has 0 radical (unpaired) electrons. The Morgan fingerprint density at radius 3 is 2.95 bits per heavy atom. The van der Waals surface area contributed by atoms with Crippen molar-refractivity contribution in [1.82, 2.24) is 10.2 Å². The Morgan fingerprint density at radius 2 is 2.35 bits per heavy atom. The summed E-state index contributed by atoms with van der Waals surface area (Å²) in [6.45, 7) is 1.82. The summed E-state index contributed by atoms with van der Waals surface area (Å²) in [4.78, 5) is 25.9. The number of rotatable bonds is 4. The number of nitrogens with zero attached hydrogens (tertiary/aromatic N) is 2. The summed E-state index contributed by atoms with van der Waals surface area (Å²) in [6.07, 6.45) is 0.604.